The summed E-state index contributed by atoms with van der Waals surface area (Å²) >= 11 is 3.62. The Morgan fingerprint density at radius 2 is 1.77 bits per heavy atom. The maximum Gasteiger partial charge on any atom is 0.308 e. The number of likely N-dealkylation sites (tertiary alicyclic amines) is 1. The van der Waals surface area contributed by atoms with E-state index in [0.717, 1.165) is 45.3 Å². The van der Waals surface area contributed by atoms with Crippen molar-refractivity contribution in [1.29, 1.82) is 0 Å². The van der Waals surface area contributed by atoms with Gasteiger partial charge in [-0.1, -0.05) is 29.8 Å². The molecule has 1 fully saturated rings. The summed E-state index contributed by atoms with van der Waals surface area (Å²) in [6.07, 6.45) is 3.93. The van der Waals surface area contributed by atoms with Crippen LogP contribution in [0.15, 0.2) is 16.6 Å². The maximum atomic E-state index is 11.6. The number of nitrogens with zero attached hydrogens (tertiary/aromatic N) is 1. The highest BCUT2D eigenvalue weighted by Gasteiger charge is 2.26. The van der Waals surface area contributed by atoms with Crippen LogP contribution in [0.3, 0.4) is 0 Å². The summed E-state index contributed by atoms with van der Waals surface area (Å²) in [5, 5.41) is 0. The molecule has 0 atom stereocenters. The van der Waals surface area contributed by atoms with Crippen LogP contribution in [0.5, 0.6) is 0 Å². The van der Waals surface area contributed by atoms with Gasteiger partial charge in [0.05, 0.1) is 13.0 Å². The number of methoxy groups -OCH3 is 1. The van der Waals surface area contributed by atoms with Gasteiger partial charge in [-0.15, -0.1) is 0 Å². The van der Waals surface area contributed by atoms with Crippen LogP contribution in [0.1, 0.15) is 43.4 Å². The number of carbonyl (C=O) groups excluding carboxylic acids is 1. The number of carbonyl (C=O) groups is 1. The number of rotatable bonds is 5. The molecule has 0 saturated carbocycles. The van der Waals surface area contributed by atoms with E-state index < -0.39 is 0 Å². The fourth-order valence-electron chi connectivity index (χ4n) is 3.31. The molecular formula is C18H26BrNO2. The first-order valence-electron chi connectivity index (χ1n) is 8.19. The molecule has 0 unspecified atom stereocenters. The molecule has 1 aromatic carbocycles. The lowest BCUT2D eigenvalue weighted by atomic mass is 9.94. The van der Waals surface area contributed by atoms with Gasteiger partial charge in [0.1, 0.15) is 0 Å². The van der Waals surface area contributed by atoms with Crippen LogP contribution in [-0.2, 0) is 28.9 Å². The largest absolute Gasteiger partial charge is 0.469 e. The second-order valence-corrected chi connectivity index (χ2v) is 6.90. The number of hydrogen-bond acceptors (Lipinski definition) is 3. The molecule has 1 heterocycles. The number of ether oxygens (including phenoxy) is 1. The van der Waals surface area contributed by atoms with E-state index in [1.165, 1.54) is 28.3 Å². The third-order valence-corrected chi connectivity index (χ3v) is 5.12. The molecule has 1 aromatic rings. The van der Waals surface area contributed by atoms with Crippen LogP contribution in [0.25, 0.3) is 0 Å². The van der Waals surface area contributed by atoms with E-state index in [-0.39, 0.29) is 11.9 Å². The second kappa shape index (κ2) is 8.11. The van der Waals surface area contributed by atoms with Gasteiger partial charge in [-0.3, -0.25) is 9.69 Å². The maximum absolute atomic E-state index is 11.6. The van der Waals surface area contributed by atoms with Crippen LogP contribution in [-0.4, -0.2) is 31.1 Å². The normalized spacial score (nSPS) is 16.7. The first-order valence-corrected chi connectivity index (χ1v) is 8.98. The Bertz CT molecular complexity index is 497. The van der Waals surface area contributed by atoms with Crippen molar-refractivity contribution in [2.75, 3.05) is 20.2 Å². The zero-order valence-corrected chi connectivity index (χ0v) is 15.4. The molecule has 122 valence electrons. The predicted octanol–water partition coefficient (Wildman–Crippen LogP) is 3.96. The number of hydrogen-bond donors (Lipinski definition) is 0. The molecule has 0 radical (unpaired) electrons. The van der Waals surface area contributed by atoms with Crippen molar-refractivity contribution >= 4 is 21.9 Å². The molecule has 0 spiro atoms. The topological polar surface area (TPSA) is 29.5 Å². The van der Waals surface area contributed by atoms with Gasteiger partial charge < -0.3 is 4.74 Å². The van der Waals surface area contributed by atoms with Crippen molar-refractivity contribution in [3.05, 3.63) is 33.3 Å². The van der Waals surface area contributed by atoms with Gasteiger partial charge in [0, 0.05) is 11.0 Å². The monoisotopic (exact) mass is 367 g/mol. The van der Waals surface area contributed by atoms with Crippen LogP contribution >= 0.6 is 15.9 Å². The Kier molecular flexibility index (Phi) is 6.45. The van der Waals surface area contributed by atoms with E-state index in [1.807, 2.05) is 0 Å². The smallest absolute Gasteiger partial charge is 0.308 e. The Hall–Kier alpha value is -0.870. The molecule has 0 amide bonds. The van der Waals surface area contributed by atoms with E-state index in [1.54, 1.807) is 0 Å². The van der Waals surface area contributed by atoms with E-state index in [0.29, 0.717) is 0 Å². The summed E-state index contributed by atoms with van der Waals surface area (Å²) in [6, 6.07) is 4.49. The summed E-state index contributed by atoms with van der Waals surface area (Å²) in [6.45, 7) is 7.38. The Morgan fingerprint density at radius 1 is 1.23 bits per heavy atom. The average molecular weight is 368 g/mol. The van der Waals surface area contributed by atoms with E-state index in [4.69, 9.17) is 4.74 Å². The van der Waals surface area contributed by atoms with Gasteiger partial charge >= 0.3 is 5.97 Å². The van der Waals surface area contributed by atoms with Gasteiger partial charge in [-0.25, -0.2) is 0 Å². The van der Waals surface area contributed by atoms with Gasteiger partial charge in [0.25, 0.3) is 0 Å². The highest BCUT2D eigenvalue weighted by Crippen LogP contribution is 2.26. The number of esters is 1. The quantitative estimate of drug-likeness (QED) is 0.737. The third kappa shape index (κ3) is 4.11. The summed E-state index contributed by atoms with van der Waals surface area (Å²) in [5.41, 5.74) is 4.34. The van der Waals surface area contributed by atoms with Crippen LogP contribution in [0, 0.1) is 5.92 Å². The molecule has 0 bridgehead atoms. The fourth-order valence-corrected chi connectivity index (χ4v) is 3.86. The zero-order chi connectivity index (χ0) is 16.1. The number of piperidine rings is 1. The standard InChI is InChI=1S/C18H26BrNO2/c1-4-13-10-16(19)11-14(5-2)17(13)12-20-8-6-15(7-9-20)18(21)22-3/h10-11,15H,4-9,12H2,1-3H3. The van der Waals surface area contributed by atoms with Crippen molar-refractivity contribution in [2.24, 2.45) is 5.92 Å². The third-order valence-electron chi connectivity index (χ3n) is 4.67. The summed E-state index contributed by atoms with van der Waals surface area (Å²) < 4.78 is 6.04. The number of benzene rings is 1. The molecule has 2 rings (SSSR count). The average Bonchev–Trinajstić information content (AvgIpc) is 2.55. The molecule has 1 aliphatic heterocycles. The Balaban J connectivity index is 2.07. The molecule has 4 heteroatoms. The molecule has 1 aliphatic rings. The molecule has 0 aliphatic carbocycles. The van der Waals surface area contributed by atoms with Crippen LogP contribution in [0.2, 0.25) is 0 Å². The summed E-state index contributed by atoms with van der Waals surface area (Å²) in [4.78, 5) is 14.1. The first-order chi connectivity index (χ1) is 10.6. The second-order valence-electron chi connectivity index (χ2n) is 5.98. The highest BCUT2D eigenvalue weighted by molar-refractivity contribution is 9.10. The molecule has 1 saturated heterocycles. The lowest BCUT2D eigenvalue weighted by Gasteiger charge is -2.31. The van der Waals surface area contributed by atoms with Crippen molar-refractivity contribution in [3.8, 4) is 0 Å². The van der Waals surface area contributed by atoms with E-state index in [2.05, 4.69) is 46.8 Å². The van der Waals surface area contributed by atoms with Crippen molar-refractivity contribution in [1.82, 2.24) is 4.90 Å². The van der Waals surface area contributed by atoms with Crippen molar-refractivity contribution in [2.45, 2.75) is 46.1 Å². The van der Waals surface area contributed by atoms with E-state index >= 15 is 0 Å². The first kappa shape index (κ1) is 17.5. The van der Waals surface area contributed by atoms with Gasteiger partial charge in [0.15, 0.2) is 0 Å². The minimum Gasteiger partial charge on any atom is -0.469 e. The van der Waals surface area contributed by atoms with Crippen LogP contribution < -0.4 is 0 Å². The fraction of sp³-hybridized carbons (Fsp3) is 0.611. The SMILES string of the molecule is CCc1cc(Br)cc(CC)c1CN1CCC(C(=O)OC)CC1. The number of halogens is 1. The molecule has 0 N–H and O–H groups in total. The summed E-state index contributed by atoms with van der Waals surface area (Å²) in [5.74, 6) is 0.0363. The van der Waals surface area contributed by atoms with Crippen LogP contribution in [0.4, 0.5) is 0 Å². The van der Waals surface area contributed by atoms with Crippen molar-refractivity contribution < 1.29 is 9.53 Å². The van der Waals surface area contributed by atoms with Crippen molar-refractivity contribution in [3.63, 3.8) is 0 Å². The zero-order valence-electron chi connectivity index (χ0n) is 13.8. The number of aryl methyl sites for hydroxylation is 2. The molecule has 3 nitrogen and oxygen atoms in total. The molecular weight excluding hydrogens is 342 g/mol. The van der Waals surface area contributed by atoms with E-state index in [9.17, 15) is 4.79 Å². The Labute approximate surface area is 142 Å². The van der Waals surface area contributed by atoms with Gasteiger partial charge in [0.2, 0.25) is 0 Å². The summed E-state index contributed by atoms with van der Waals surface area (Å²) in [7, 11) is 1.48. The minimum atomic E-state index is -0.0493. The lowest BCUT2D eigenvalue weighted by molar-refractivity contribution is -0.147. The van der Waals surface area contributed by atoms with Gasteiger partial charge in [-0.05, 0) is 67.6 Å². The molecule has 0 aromatic heterocycles. The van der Waals surface area contributed by atoms with Gasteiger partial charge in [-0.2, -0.15) is 0 Å². The Morgan fingerprint density at radius 3 is 2.23 bits per heavy atom. The predicted molar refractivity (Wildman–Crippen MR) is 92.9 cm³/mol. The molecule has 22 heavy (non-hydrogen) atoms. The minimum absolute atomic E-state index is 0.0493. The lowest BCUT2D eigenvalue weighted by Crippen LogP contribution is -2.36. The highest BCUT2D eigenvalue weighted by atomic mass is 79.9.